The van der Waals surface area contributed by atoms with Crippen LogP contribution in [0.25, 0.3) is 0 Å². The van der Waals surface area contributed by atoms with Crippen LogP contribution in [-0.2, 0) is 14.6 Å². The van der Waals surface area contributed by atoms with Crippen LogP contribution in [0.2, 0.25) is 0 Å². The van der Waals surface area contributed by atoms with Gasteiger partial charge in [0.05, 0.1) is 10.8 Å². The topological polar surface area (TPSA) is 71.4 Å². The third kappa shape index (κ3) is 2.03. The molecule has 1 fully saturated rings. The number of rotatable bonds is 3. The van der Waals surface area contributed by atoms with Crippen LogP contribution < -0.4 is 0 Å². The van der Waals surface area contributed by atoms with Crippen molar-refractivity contribution in [3.63, 3.8) is 0 Å². The van der Waals surface area contributed by atoms with Gasteiger partial charge in [-0.25, -0.2) is 8.42 Å². The van der Waals surface area contributed by atoms with E-state index in [0.717, 1.165) is 11.8 Å². The summed E-state index contributed by atoms with van der Waals surface area (Å²) in [4.78, 5) is 11.4. The zero-order valence-electron chi connectivity index (χ0n) is 10.5. The first-order chi connectivity index (χ1) is 8.15. The van der Waals surface area contributed by atoms with Crippen molar-refractivity contribution in [1.82, 2.24) is 0 Å². The molecule has 1 aromatic rings. The highest BCUT2D eigenvalue weighted by Crippen LogP contribution is 2.64. The third-order valence-corrected chi connectivity index (χ3v) is 4.89. The first-order valence-corrected chi connectivity index (χ1v) is 7.57. The molecule has 0 saturated heterocycles. The maximum atomic E-state index is 11.3. The van der Waals surface area contributed by atoms with Crippen molar-refractivity contribution in [2.45, 2.75) is 24.7 Å². The molecule has 1 N–H and O–H groups in total. The van der Waals surface area contributed by atoms with Gasteiger partial charge in [-0.2, -0.15) is 0 Å². The summed E-state index contributed by atoms with van der Waals surface area (Å²) in [7, 11) is -3.20. The van der Waals surface area contributed by atoms with Gasteiger partial charge in [-0.1, -0.05) is 26.0 Å². The fourth-order valence-corrected chi connectivity index (χ4v) is 3.27. The van der Waals surface area contributed by atoms with E-state index in [9.17, 15) is 13.2 Å². The Morgan fingerprint density at radius 1 is 1.22 bits per heavy atom. The van der Waals surface area contributed by atoms with Gasteiger partial charge >= 0.3 is 5.97 Å². The lowest BCUT2D eigenvalue weighted by molar-refractivity contribution is -0.139. The van der Waals surface area contributed by atoms with Gasteiger partial charge in [0.25, 0.3) is 0 Å². The van der Waals surface area contributed by atoms with Gasteiger partial charge in [-0.15, -0.1) is 0 Å². The summed E-state index contributed by atoms with van der Waals surface area (Å²) < 4.78 is 22.7. The van der Waals surface area contributed by atoms with Crippen molar-refractivity contribution < 1.29 is 18.3 Å². The molecule has 5 heteroatoms. The number of aliphatic carboxylic acids is 1. The number of benzene rings is 1. The molecule has 2 rings (SSSR count). The smallest absolute Gasteiger partial charge is 0.307 e. The molecule has 4 nitrogen and oxygen atoms in total. The van der Waals surface area contributed by atoms with Gasteiger partial charge in [-0.3, -0.25) is 4.79 Å². The van der Waals surface area contributed by atoms with Gasteiger partial charge in [-0.05, 0) is 23.1 Å². The van der Waals surface area contributed by atoms with E-state index >= 15 is 0 Å². The van der Waals surface area contributed by atoms with Crippen LogP contribution in [0.3, 0.4) is 0 Å². The van der Waals surface area contributed by atoms with Crippen LogP contribution in [0.1, 0.15) is 25.3 Å². The number of carboxylic acid groups (broad SMARTS) is 1. The molecule has 1 saturated carbocycles. The quantitative estimate of drug-likeness (QED) is 0.909. The van der Waals surface area contributed by atoms with E-state index in [-0.39, 0.29) is 22.1 Å². The van der Waals surface area contributed by atoms with E-state index in [0.29, 0.717) is 0 Å². The van der Waals surface area contributed by atoms with Crippen molar-refractivity contribution in [2.24, 2.45) is 11.3 Å². The Bertz CT molecular complexity index is 584. The number of hydrogen-bond donors (Lipinski definition) is 1. The van der Waals surface area contributed by atoms with Crippen molar-refractivity contribution in [1.29, 1.82) is 0 Å². The molecule has 0 heterocycles. The predicted octanol–water partition coefficient (Wildman–Crippen LogP) is 1.91. The Kier molecular flexibility index (Phi) is 2.77. The summed E-state index contributed by atoms with van der Waals surface area (Å²) in [6.45, 7) is 3.84. The Labute approximate surface area is 107 Å². The second kappa shape index (κ2) is 3.82. The van der Waals surface area contributed by atoms with Crippen LogP contribution in [0.4, 0.5) is 0 Å². The van der Waals surface area contributed by atoms with Crippen molar-refractivity contribution in [3.05, 3.63) is 29.8 Å². The molecular weight excluding hydrogens is 252 g/mol. The number of hydrogen-bond acceptors (Lipinski definition) is 3. The first kappa shape index (κ1) is 13.1. The van der Waals surface area contributed by atoms with E-state index in [1.54, 1.807) is 12.1 Å². The van der Waals surface area contributed by atoms with Crippen molar-refractivity contribution in [2.75, 3.05) is 6.26 Å². The maximum Gasteiger partial charge on any atom is 0.307 e. The summed E-state index contributed by atoms with van der Waals surface area (Å²) in [5.74, 6) is -1.22. The second-order valence-electron chi connectivity index (χ2n) is 5.46. The average Bonchev–Trinajstić information content (AvgIpc) is 2.80. The summed E-state index contributed by atoms with van der Waals surface area (Å²) in [6, 6.07) is 6.51. The zero-order chi connectivity index (χ0) is 13.7. The second-order valence-corrected chi connectivity index (χ2v) is 7.47. The summed E-state index contributed by atoms with van der Waals surface area (Å²) in [6.07, 6.45) is 1.16. The highest BCUT2D eigenvalue weighted by Gasteiger charge is 2.62. The van der Waals surface area contributed by atoms with Gasteiger partial charge < -0.3 is 5.11 Å². The van der Waals surface area contributed by atoms with E-state index < -0.39 is 15.8 Å². The van der Waals surface area contributed by atoms with Gasteiger partial charge in [0.15, 0.2) is 9.84 Å². The van der Waals surface area contributed by atoms with Crippen LogP contribution in [-0.4, -0.2) is 25.7 Å². The molecule has 1 aliphatic rings. The fourth-order valence-electron chi connectivity index (χ4n) is 2.64. The van der Waals surface area contributed by atoms with Crippen LogP contribution >= 0.6 is 0 Å². The zero-order valence-corrected chi connectivity index (χ0v) is 11.4. The SMILES string of the molecule is CC1(C)C(C(=O)O)C1c1ccc(S(C)(=O)=O)cc1. The summed E-state index contributed by atoms with van der Waals surface area (Å²) in [5, 5.41) is 9.11. The molecule has 0 spiro atoms. The molecule has 1 aliphatic carbocycles. The van der Waals surface area contributed by atoms with Gasteiger partial charge in [0, 0.05) is 12.2 Å². The Balaban J connectivity index is 2.30. The molecule has 0 aromatic heterocycles. The lowest BCUT2D eigenvalue weighted by atomic mass is 10.0. The maximum absolute atomic E-state index is 11.3. The van der Waals surface area contributed by atoms with Crippen LogP contribution in [0.15, 0.2) is 29.2 Å². The molecule has 98 valence electrons. The van der Waals surface area contributed by atoms with E-state index in [1.165, 1.54) is 12.1 Å². The monoisotopic (exact) mass is 268 g/mol. The minimum Gasteiger partial charge on any atom is -0.481 e. The average molecular weight is 268 g/mol. The summed E-state index contributed by atoms with van der Waals surface area (Å²) in [5.41, 5.74) is 0.623. The van der Waals surface area contributed by atoms with Crippen molar-refractivity contribution in [3.8, 4) is 0 Å². The molecule has 0 aliphatic heterocycles. The standard InChI is InChI=1S/C13H16O4S/c1-13(2)10(11(13)12(14)15)8-4-6-9(7-5-8)18(3,16)17/h4-7,10-11H,1-3H3,(H,14,15). The Morgan fingerprint density at radius 2 is 1.72 bits per heavy atom. The number of carbonyl (C=O) groups is 1. The molecule has 2 unspecified atom stereocenters. The van der Waals surface area contributed by atoms with Gasteiger partial charge in [0.1, 0.15) is 0 Å². The third-order valence-electron chi connectivity index (χ3n) is 3.76. The molecule has 0 radical (unpaired) electrons. The molecule has 0 amide bonds. The highest BCUT2D eigenvalue weighted by atomic mass is 32.2. The summed E-state index contributed by atoms with van der Waals surface area (Å²) >= 11 is 0. The van der Waals surface area contributed by atoms with Crippen LogP contribution in [0, 0.1) is 11.3 Å². The van der Waals surface area contributed by atoms with Crippen LogP contribution in [0.5, 0.6) is 0 Å². The highest BCUT2D eigenvalue weighted by molar-refractivity contribution is 7.90. The van der Waals surface area contributed by atoms with E-state index in [4.69, 9.17) is 5.11 Å². The Morgan fingerprint density at radius 3 is 2.06 bits per heavy atom. The molecule has 2 atom stereocenters. The minimum absolute atomic E-state index is 0.0383. The fraction of sp³-hybridized carbons (Fsp3) is 0.462. The van der Waals surface area contributed by atoms with Crippen molar-refractivity contribution >= 4 is 15.8 Å². The minimum atomic E-state index is -3.20. The normalized spacial score (nSPS) is 25.7. The molecule has 1 aromatic carbocycles. The van der Waals surface area contributed by atoms with Gasteiger partial charge in [0.2, 0.25) is 0 Å². The molecule has 0 bridgehead atoms. The first-order valence-electron chi connectivity index (χ1n) is 5.68. The largest absolute Gasteiger partial charge is 0.481 e. The lowest BCUT2D eigenvalue weighted by Crippen LogP contribution is -2.03. The molecular formula is C13H16O4S. The lowest BCUT2D eigenvalue weighted by Gasteiger charge is -2.04. The van der Waals surface area contributed by atoms with E-state index in [1.807, 2.05) is 13.8 Å². The number of sulfone groups is 1. The predicted molar refractivity (Wildman–Crippen MR) is 67.2 cm³/mol. The van der Waals surface area contributed by atoms with E-state index in [2.05, 4.69) is 0 Å². The Hall–Kier alpha value is -1.36. The molecule has 18 heavy (non-hydrogen) atoms. The number of carboxylic acids is 1.